The van der Waals surface area contributed by atoms with E-state index in [4.69, 9.17) is 15.6 Å². The molecule has 104 valence electrons. The summed E-state index contributed by atoms with van der Waals surface area (Å²) >= 11 is 0. The van der Waals surface area contributed by atoms with Crippen LogP contribution in [0.2, 0.25) is 0 Å². The highest BCUT2D eigenvalue weighted by molar-refractivity contribution is 5.66. The van der Waals surface area contributed by atoms with Crippen molar-refractivity contribution >= 4 is 5.97 Å². The van der Waals surface area contributed by atoms with E-state index in [0.717, 1.165) is 12.2 Å². The Hall–Kier alpha value is -1.39. The van der Waals surface area contributed by atoms with Crippen LogP contribution in [-0.4, -0.2) is 24.8 Å². The third-order valence-corrected chi connectivity index (χ3v) is 3.89. The number of aliphatic carboxylic acids is 1. The first-order valence-electron chi connectivity index (χ1n) is 6.64. The van der Waals surface area contributed by atoms with Crippen molar-refractivity contribution in [2.75, 3.05) is 13.7 Å². The van der Waals surface area contributed by atoms with Crippen LogP contribution in [0.5, 0.6) is 0 Å². The smallest absolute Gasteiger partial charge is 0.303 e. The lowest BCUT2D eigenvalue weighted by molar-refractivity contribution is -0.137. The Kier molecular flexibility index (Phi) is 4.22. The minimum atomic E-state index is -0.802. The summed E-state index contributed by atoms with van der Waals surface area (Å²) in [6.07, 6.45) is 2.92. The first-order valence-corrected chi connectivity index (χ1v) is 6.64. The highest BCUT2D eigenvalue weighted by Crippen LogP contribution is 2.48. The fourth-order valence-electron chi connectivity index (χ4n) is 2.47. The van der Waals surface area contributed by atoms with E-state index >= 15 is 0 Å². The molecule has 0 aromatic heterocycles. The van der Waals surface area contributed by atoms with Crippen LogP contribution in [0.3, 0.4) is 0 Å². The van der Waals surface area contributed by atoms with Gasteiger partial charge < -0.3 is 15.6 Å². The minimum Gasteiger partial charge on any atom is -0.481 e. The summed E-state index contributed by atoms with van der Waals surface area (Å²) in [6.45, 7) is 0.761. The summed E-state index contributed by atoms with van der Waals surface area (Å²) < 4.78 is 5.28. The molecule has 19 heavy (non-hydrogen) atoms. The lowest BCUT2D eigenvalue weighted by Gasteiger charge is -2.16. The standard InChI is InChI=1S/C15H21NO3/c1-19-10-15(8-9-15)12-4-2-11(3-5-12)13(16)6-7-14(17)18/h2-5,13H,6-10,16H2,1H3,(H,17,18). The maximum Gasteiger partial charge on any atom is 0.303 e. The Morgan fingerprint density at radius 3 is 2.53 bits per heavy atom. The van der Waals surface area contributed by atoms with Crippen LogP contribution in [0.1, 0.15) is 42.9 Å². The third-order valence-electron chi connectivity index (χ3n) is 3.89. The molecule has 4 nitrogen and oxygen atoms in total. The van der Waals surface area contributed by atoms with Gasteiger partial charge in [-0.15, -0.1) is 0 Å². The molecule has 1 aliphatic carbocycles. The molecule has 0 saturated heterocycles. The van der Waals surface area contributed by atoms with Crippen LogP contribution < -0.4 is 5.73 Å². The molecule has 1 aliphatic rings. The summed E-state index contributed by atoms with van der Waals surface area (Å²) in [5, 5.41) is 8.66. The van der Waals surface area contributed by atoms with Gasteiger partial charge in [-0.2, -0.15) is 0 Å². The summed E-state index contributed by atoms with van der Waals surface area (Å²) in [7, 11) is 1.73. The number of carboxylic acid groups (broad SMARTS) is 1. The highest BCUT2D eigenvalue weighted by atomic mass is 16.5. The van der Waals surface area contributed by atoms with Gasteiger partial charge in [0.25, 0.3) is 0 Å². The number of carboxylic acids is 1. The molecular weight excluding hydrogens is 242 g/mol. The summed E-state index contributed by atoms with van der Waals surface area (Å²) in [4.78, 5) is 10.5. The number of rotatable bonds is 7. The molecule has 1 aromatic carbocycles. The van der Waals surface area contributed by atoms with Crippen LogP contribution in [0.15, 0.2) is 24.3 Å². The average molecular weight is 263 g/mol. The molecule has 0 amide bonds. The quantitative estimate of drug-likeness (QED) is 0.791. The van der Waals surface area contributed by atoms with Crippen LogP contribution in [0.4, 0.5) is 0 Å². The molecule has 1 aromatic rings. The molecule has 1 fully saturated rings. The van der Waals surface area contributed by atoms with Crippen molar-refractivity contribution in [2.45, 2.75) is 37.1 Å². The van der Waals surface area contributed by atoms with Crippen molar-refractivity contribution in [3.63, 3.8) is 0 Å². The Labute approximate surface area is 113 Å². The fourth-order valence-corrected chi connectivity index (χ4v) is 2.47. The van der Waals surface area contributed by atoms with Crippen molar-refractivity contribution < 1.29 is 14.6 Å². The molecule has 0 bridgehead atoms. The molecule has 1 saturated carbocycles. The molecule has 1 atom stereocenters. The van der Waals surface area contributed by atoms with E-state index in [9.17, 15) is 4.79 Å². The summed E-state index contributed by atoms with van der Waals surface area (Å²) in [5.74, 6) is -0.802. The molecule has 3 N–H and O–H groups in total. The van der Waals surface area contributed by atoms with Crippen LogP contribution in [0.25, 0.3) is 0 Å². The number of benzene rings is 1. The SMILES string of the molecule is COCC1(c2ccc(C(N)CCC(=O)O)cc2)CC1. The van der Waals surface area contributed by atoms with E-state index in [1.807, 2.05) is 12.1 Å². The maximum atomic E-state index is 10.5. The zero-order valence-corrected chi connectivity index (χ0v) is 11.3. The summed E-state index contributed by atoms with van der Waals surface area (Å²) in [5.41, 5.74) is 8.49. The second kappa shape index (κ2) is 5.72. The maximum absolute atomic E-state index is 10.5. The van der Waals surface area contributed by atoms with E-state index in [-0.39, 0.29) is 17.9 Å². The molecule has 2 rings (SSSR count). The minimum absolute atomic E-state index is 0.108. The molecule has 0 aliphatic heterocycles. The Morgan fingerprint density at radius 2 is 2.05 bits per heavy atom. The van der Waals surface area contributed by atoms with Gasteiger partial charge in [0.1, 0.15) is 0 Å². The van der Waals surface area contributed by atoms with E-state index in [0.29, 0.717) is 6.42 Å². The van der Waals surface area contributed by atoms with Gasteiger partial charge in [-0.05, 0) is 30.4 Å². The van der Waals surface area contributed by atoms with Crippen molar-refractivity contribution in [3.8, 4) is 0 Å². The average Bonchev–Trinajstić information content (AvgIpc) is 3.17. The highest BCUT2D eigenvalue weighted by Gasteiger charge is 2.44. The Bertz CT molecular complexity index is 437. The third kappa shape index (κ3) is 3.33. The normalized spacial score (nSPS) is 18.0. The van der Waals surface area contributed by atoms with Gasteiger partial charge in [-0.25, -0.2) is 0 Å². The molecule has 4 heteroatoms. The van der Waals surface area contributed by atoms with Crippen molar-refractivity contribution in [1.82, 2.24) is 0 Å². The van der Waals surface area contributed by atoms with E-state index in [2.05, 4.69) is 12.1 Å². The van der Waals surface area contributed by atoms with E-state index < -0.39 is 5.97 Å². The first-order chi connectivity index (χ1) is 9.07. The van der Waals surface area contributed by atoms with Crippen LogP contribution in [0, 0.1) is 0 Å². The van der Waals surface area contributed by atoms with Crippen molar-refractivity contribution in [2.24, 2.45) is 5.73 Å². The number of hydrogen-bond acceptors (Lipinski definition) is 3. The van der Waals surface area contributed by atoms with Gasteiger partial charge >= 0.3 is 5.97 Å². The Morgan fingerprint density at radius 1 is 1.42 bits per heavy atom. The Balaban J connectivity index is 2.00. The predicted octanol–water partition coefficient (Wildman–Crippen LogP) is 2.23. The number of ether oxygens (including phenoxy) is 1. The van der Waals surface area contributed by atoms with Crippen molar-refractivity contribution in [1.29, 1.82) is 0 Å². The van der Waals surface area contributed by atoms with Gasteiger partial charge in [0.05, 0.1) is 6.61 Å². The number of hydrogen-bond donors (Lipinski definition) is 2. The topological polar surface area (TPSA) is 72.5 Å². The van der Waals surface area contributed by atoms with E-state index in [1.165, 1.54) is 18.4 Å². The van der Waals surface area contributed by atoms with Gasteiger partial charge in [0, 0.05) is 25.0 Å². The van der Waals surface area contributed by atoms with Gasteiger partial charge in [0.2, 0.25) is 0 Å². The molecule has 0 spiro atoms. The molecule has 0 heterocycles. The van der Waals surface area contributed by atoms with E-state index in [1.54, 1.807) is 7.11 Å². The van der Waals surface area contributed by atoms with Gasteiger partial charge in [-0.3, -0.25) is 4.79 Å². The zero-order chi connectivity index (χ0) is 13.9. The van der Waals surface area contributed by atoms with Gasteiger partial charge in [0.15, 0.2) is 0 Å². The van der Waals surface area contributed by atoms with Crippen LogP contribution >= 0.6 is 0 Å². The second-order valence-corrected chi connectivity index (χ2v) is 5.37. The fraction of sp³-hybridized carbons (Fsp3) is 0.533. The predicted molar refractivity (Wildman–Crippen MR) is 73.0 cm³/mol. The molecular formula is C15H21NO3. The number of methoxy groups -OCH3 is 1. The lowest BCUT2D eigenvalue weighted by atomic mass is 9.94. The number of nitrogens with two attached hydrogens (primary N) is 1. The largest absolute Gasteiger partial charge is 0.481 e. The lowest BCUT2D eigenvalue weighted by Crippen LogP contribution is -2.15. The molecule has 1 unspecified atom stereocenters. The van der Waals surface area contributed by atoms with Crippen molar-refractivity contribution in [3.05, 3.63) is 35.4 Å². The monoisotopic (exact) mass is 263 g/mol. The second-order valence-electron chi connectivity index (χ2n) is 5.37. The first kappa shape index (κ1) is 14.0. The number of carbonyl (C=O) groups is 1. The summed E-state index contributed by atoms with van der Waals surface area (Å²) in [6, 6.07) is 8.02. The zero-order valence-electron chi connectivity index (χ0n) is 11.3. The van der Waals surface area contributed by atoms with Crippen LogP contribution in [-0.2, 0) is 14.9 Å². The van der Waals surface area contributed by atoms with Gasteiger partial charge in [-0.1, -0.05) is 24.3 Å². The molecule has 0 radical (unpaired) electrons.